The van der Waals surface area contributed by atoms with Gasteiger partial charge in [0.1, 0.15) is 10.1 Å². The van der Waals surface area contributed by atoms with Gasteiger partial charge in [-0.1, -0.05) is 17.3 Å². The number of hydrogen-bond donors (Lipinski definition) is 1. The van der Waals surface area contributed by atoms with Crippen LogP contribution in [-0.4, -0.2) is 33.2 Å². The summed E-state index contributed by atoms with van der Waals surface area (Å²) in [5.41, 5.74) is 2.51. The normalized spacial score (nSPS) is 17.8. The van der Waals surface area contributed by atoms with Crippen LogP contribution in [0, 0.1) is 19.8 Å². The monoisotopic (exact) mass is 413 g/mol. The van der Waals surface area contributed by atoms with Gasteiger partial charge in [-0.05, 0) is 32.4 Å². The van der Waals surface area contributed by atoms with Gasteiger partial charge in [-0.3, -0.25) is 0 Å². The summed E-state index contributed by atoms with van der Waals surface area (Å²) in [4.78, 5) is 15.2. The summed E-state index contributed by atoms with van der Waals surface area (Å²) in [5.74, 6) is 1.85. The first-order chi connectivity index (χ1) is 12.3. The van der Waals surface area contributed by atoms with Crippen molar-refractivity contribution < 1.29 is 9.32 Å². The molecule has 3 rings (SSSR count). The second kappa shape index (κ2) is 7.71. The number of alkyl halides is 2. The topological polar surface area (TPSA) is 58.4 Å². The molecule has 1 fully saturated rings. The number of hydrogen-bond acceptors (Lipinski definition) is 4. The summed E-state index contributed by atoms with van der Waals surface area (Å²) in [7, 11) is 1.75. The van der Waals surface area contributed by atoms with Crippen molar-refractivity contribution in [1.82, 2.24) is 10.1 Å². The zero-order valence-electron chi connectivity index (χ0n) is 14.9. The summed E-state index contributed by atoms with van der Waals surface area (Å²) < 4.78 is 4.57. The molecule has 1 aromatic carbocycles. The highest BCUT2D eigenvalue weighted by atomic mass is 35.5. The lowest BCUT2D eigenvalue weighted by Gasteiger charge is -2.19. The number of rotatable bonds is 6. The van der Waals surface area contributed by atoms with Gasteiger partial charge >= 0.3 is 6.03 Å². The Bertz CT molecular complexity index is 790. The number of amides is 2. The highest BCUT2D eigenvalue weighted by Gasteiger charge is 2.51. The SMILES string of the molecule is Cc1noc(C)c1CN(C)C(=O)Nc1ccccc1SCC1CC1(Cl)Cl. The van der Waals surface area contributed by atoms with Gasteiger partial charge < -0.3 is 14.7 Å². The molecule has 1 saturated carbocycles. The molecule has 0 spiro atoms. The van der Waals surface area contributed by atoms with E-state index < -0.39 is 4.33 Å². The van der Waals surface area contributed by atoms with Crippen LogP contribution in [0.1, 0.15) is 23.4 Å². The van der Waals surface area contributed by atoms with Crippen LogP contribution in [0.3, 0.4) is 0 Å². The smallest absolute Gasteiger partial charge is 0.321 e. The summed E-state index contributed by atoms with van der Waals surface area (Å²) in [6.45, 7) is 4.15. The molecule has 0 saturated heterocycles. The van der Waals surface area contributed by atoms with Crippen molar-refractivity contribution in [1.29, 1.82) is 0 Å². The van der Waals surface area contributed by atoms with Crippen molar-refractivity contribution in [2.24, 2.45) is 5.92 Å². The summed E-state index contributed by atoms with van der Waals surface area (Å²) in [5, 5.41) is 6.90. The fraction of sp³-hybridized carbons (Fsp3) is 0.444. The second-order valence-corrected chi connectivity index (χ2v) is 9.16. The Kier molecular flexibility index (Phi) is 5.75. The van der Waals surface area contributed by atoms with Crippen LogP contribution in [0.4, 0.5) is 10.5 Å². The van der Waals surface area contributed by atoms with Gasteiger partial charge in [0, 0.05) is 29.2 Å². The van der Waals surface area contributed by atoms with Gasteiger partial charge in [0.15, 0.2) is 0 Å². The van der Waals surface area contributed by atoms with Gasteiger partial charge in [-0.15, -0.1) is 35.0 Å². The third-order valence-corrected chi connectivity index (χ3v) is 6.61. The number of nitrogens with zero attached hydrogens (tertiary/aromatic N) is 2. The van der Waals surface area contributed by atoms with Crippen molar-refractivity contribution in [3.05, 3.63) is 41.3 Å². The summed E-state index contributed by atoms with van der Waals surface area (Å²) in [6.07, 6.45) is 0.817. The van der Waals surface area contributed by atoms with Crippen LogP contribution in [0.25, 0.3) is 0 Å². The second-order valence-electron chi connectivity index (χ2n) is 6.56. The zero-order chi connectivity index (χ0) is 18.9. The highest BCUT2D eigenvalue weighted by Crippen LogP contribution is 2.55. The predicted molar refractivity (Wildman–Crippen MR) is 106 cm³/mol. The quantitative estimate of drug-likeness (QED) is 0.519. The Morgan fingerprint density at radius 3 is 2.73 bits per heavy atom. The molecule has 0 radical (unpaired) electrons. The molecule has 1 heterocycles. The Hall–Kier alpha value is -1.37. The first-order valence-corrected chi connectivity index (χ1v) is 10.1. The molecule has 26 heavy (non-hydrogen) atoms. The Balaban J connectivity index is 1.62. The minimum Gasteiger partial charge on any atom is -0.361 e. The number of anilines is 1. The van der Waals surface area contributed by atoms with Crippen molar-refractivity contribution >= 4 is 46.7 Å². The van der Waals surface area contributed by atoms with Gasteiger partial charge in [-0.25, -0.2) is 4.79 Å². The van der Waals surface area contributed by atoms with Crippen LogP contribution < -0.4 is 5.32 Å². The molecular formula is C18H21Cl2N3O2S. The zero-order valence-corrected chi connectivity index (χ0v) is 17.2. The van der Waals surface area contributed by atoms with E-state index in [0.29, 0.717) is 12.5 Å². The van der Waals surface area contributed by atoms with Crippen LogP contribution in [0.5, 0.6) is 0 Å². The van der Waals surface area contributed by atoms with E-state index in [-0.39, 0.29) is 6.03 Å². The molecule has 0 bridgehead atoms. The van der Waals surface area contributed by atoms with Crippen LogP contribution in [0.15, 0.2) is 33.7 Å². The number of halogens is 2. The van der Waals surface area contributed by atoms with E-state index in [1.165, 1.54) is 0 Å². The summed E-state index contributed by atoms with van der Waals surface area (Å²) in [6, 6.07) is 7.55. The number of urea groups is 1. The average molecular weight is 414 g/mol. The van der Waals surface area contributed by atoms with E-state index >= 15 is 0 Å². The molecule has 1 N–H and O–H groups in total. The van der Waals surface area contributed by atoms with Crippen LogP contribution in [0.2, 0.25) is 0 Å². The minimum atomic E-state index is -0.584. The molecule has 1 unspecified atom stereocenters. The molecule has 0 aliphatic heterocycles. The van der Waals surface area contributed by atoms with Gasteiger partial charge in [0.05, 0.1) is 17.9 Å². The predicted octanol–water partition coefficient (Wildman–Crippen LogP) is 5.24. The number of aryl methyl sites for hydroxylation is 2. The standard InChI is InChI=1S/C18H21Cl2N3O2S/c1-11-14(12(2)25-22-11)9-23(3)17(24)21-15-6-4-5-7-16(15)26-10-13-8-18(13,19)20/h4-7,13H,8-10H2,1-3H3,(H,21,24). The number of benzene rings is 1. The van der Waals surface area contributed by atoms with Gasteiger partial charge in [0.25, 0.3) is 0 Å². The van der Waals surface area contributed by atoms with E-state index in [1.54, 1.807) is 23.7 Å². The minimum absolute atomic E-state index is 0.187. The molecule has 1 aromatic heterocycles. The van der Waals surface area contributed by atoms with Crippen molar-refractivity contribution in [2.45, 2.75) is 36.0 Å². The maximum absolute atomic E-state index is 12.6. The van der Waals surface area contributed by atoms with Crippen molar-refractivity contribution in [2.75, 3.05) is 18.1 Å². The molecule has 8 heteroatoms. The van der Waals surface area contributed by atoms with Crippen LogP contribution >= 0.6 is 35.0 Å². The molecule has 1 aliphatic rings. The summed E-state index contributed by atoms with van der Waals surface area (Å²) >= 11 is 13.8. The van der Waals surface area contributed by atoms with Crippen LogP contribution in [-0.2, 0) is 6.54 Å². The number of aromatic nitrogens is 1. The first kappa shape index (κ1) is 19.4. The average Bonchev–Trinajstić information content (AvgIpc) is 3.10. The molecule has 1 aliphatic carbocycles. The largest absolute Gasteiger partial charge is 0.361 e. The van der Waals surface area contributed by atoms with E-state index in [9.17, 15) is 4.79 Å². The molecule has 2 aromatic rings. The van der Waals surface area contributed by atoms with E-state index in [4.69, 9.17) is 27.7 Å². The van der Waals surface area contributed by atoms with E-state index in [0.717, 1.165) is 39.8 Å². The number of nitrogens with one attached hydrogen (secondary N) is 1. The third-order valence-electron chi connectivity index (χ3n) is 4.45. The maximum Gasteiger partial charge on any atom is 0.321 e. The Labute approximate surface area is 167 Å². The van der Waals surface area contributed by atoms with E-state index in [2.05, 4.69) is 10.5 Å². The fourth-order valence-corrected chi connectivity index (χ4v) is 4.53. The van der Waals surface area contributed by atoms with Gasteiger partial charge in [-0.2, -0.15) is 0 Å². The lowest BCUT2D eigenvalue weighted by atomic mass is 10.2. The first-order valence-electron chi connectivity index (χ1n) is 8.31. The molecular weight excluding hydrogens is 393 g/mol. The number of carbonyl (C=O) groups excluding carboxylic acids is 1. The number of carbonyl (C=O) groups is 1. The lowest BCUT2D eigenvalue weighted by molar-refractivity contribution is 0.220. The van der Waals surface area contributed by atoms with Gasteiger partial charge in [0.2, 0.25) is 0 Å². The maximum atomic E-state index is 12.6. The Morgan fingerprint density at radius 1 is 1.42 bits per heavy atom. The van der Waals surface area contributed by atoms with E-state index in [1.807, 2.05) is 38.1 Å². The Morgan fingerprint density at radius 2 is 2.12 bits per heavy atom. The molecule has 1 atom stereocenters. The molecule has 140 valence electrons. The number of thioether (sulfide) groups is 1. The van der Waals surface area contributed by atoms with Crippen molar-refractivity contribution in [3.63, 3.8) is 0 Å². The molecule has 2 amide bonds. The third kappa shape index (κ3) is 4.48. The number of para-hydroxylation sites is 1. The fourth-order valence-electron chi connectivity index (χ4n) is 2.58. The lowest BCUT2D eigenvalue weighted by Crippen LogP contribution is -2.31. The van der Waals surface area contributed by atoms with Crippen molar-refractivity contribution in [3.8, 4) is 0 Å². The molecule has 5 nitrogen and oxygen atoms in total. The highest BCUT2D eigenvalue weighted by molar-refractivity contribution is 7.99.